The van der Waals surface area contributed by atoms with Crippen molar-refractivity contribution in [3.8, 4) is 0 Å². The van der Waals surface area contributed by atoms with Gasteiger partial charge in [0, 0.05) is 30.3 Å². The van der Waals surface area contributed by atoms with Crippen LogP contribution in [0, 0.1) is 5.92 Å². The van der Waals surface area contributed by atoms with Crippen LogP contribution in [0.5, 0.6) is 0 Å². The fourth-order valence-electron chi connectivity index (χ4n) is 3.12. The lowest BCUT2D eigenvalue weighted by atomic mass is 9.95. The van der Waals surface area contributed by atoms with E-state index in [-0.39, 0.29) is 17.7 Å². The highest BCUT2D eigenvalue weighted by Gasteiger charge is 2.27. The van der Waals surface area contributed by atoms with E-state index in [4.69, 9.17) is 0 Å². The van der Waals surface area contributed by atoms with Gasteiger partial charge in [-0.05, 0) is 42.7 Å². The molecule has 2 aromatic rings. The van der Waals surface area contributed by atoms with E-state index in [1.54, 1.807) is 18.3 Å². The van der Waals surface area contributed by atoms with E-state index in [1.807, 2.05) is 47.4 Å². The van der Waals surface area contributed by atoms with Crippen molar-refractivity contribution >= 4 is 23.7 Å². The zero-order chi connectivity index (χ0) is 19.1. The highest BCUT2D eigenvalue weighted by Crippen LogP contribution is 2.21. The summed E-state index contributed by atoms with van der Waals surface area (Å²) in [6.07, 6.45) is 2.93. The normalized spacial score (nSPS) is 14.9. The lowest BCUT2D eigenvalue weighted by Crippen LogP contribution is -2.41. The number of likely N-dealkylation sites (tertiary alicyclic amines) is 1. The second kappa shape index (κ2) is 8.98. The first-order valence-electron chi connectivity index (χ1n) is 8.99. The molecule has 3 rings (SSSR count). The lowest BCUT2D eigenvalue weighted by Gasteiger charge is -2.31. The molecule has 1 fully saturated rings. The highest BCUT2D eigenvalue weighted by molar-refractivity contribution is 5.96. The zero-order valence-electron chi connectivity index (χ0n) is 15.3. The minimum absolute atomic E-state index is 0.00727. The van der Waals surface area contributed by atoms with E-state index < -0.39 is 0 Å². The van der Waals surface area contributed by atoms with Crippen molar-refractivity contribution in [1.29, 1.82) is 0 Å². The SMILES string of the molecule is CO/N=C/c1ccc(C(=O)N2CCC(C(=O)Nc3ccccc3)CC2)cc1. The third kappa shape index (κ3) is 4.94. The number of hydrogen-bond acceptors (Lipinski definition) is 4. The number of nitrogens with zero attached hydrogens (tertiary/aromatic N) is 2. The van der Waals surface area contributed by atoms with Crippen molar-refractivity contribution < 1.29 is 14.4 Å². The predicted molar refractivity (Wildman–Crippen MR) is 105 cm³/mol. The van der Waals surface area contributed by atoms with Gasteiger partial charge in [0.1, 0.15) is 7.11 Å². The minimum Gasteiger partial charge on any atom is -0.399 e. The molecular weight excluding hydrogens is 342 g/mol. The number of oxime groups is 1. The van der Waals surface area contributed by atoms with E-state index in [2.05, 4.69) is 15.3 Å². The van der Waals surface area contributed by atoms with Crippen molar-refractivity contribution in [3.05, 3.63) is 65.7 Å². The van der Waals surface area contributed by atoms with Gasteiger partial charge < -0.3 is 15.1 Å². The van der Waals surface area contributed by atoms with Crippen LogP contribution in [-0.4, -0.2) is 43.1 Å². The Hall–Kier alpha value is -3.15. The summed E-state index contributed by atoms with van der Waals surface area (Å²) in [7, 11) is 1.48. The number of amides is 2. The maximum absolute atomic E-state index is 12.7. The van der Waals surface area contributed by atoms with Crippen LogP contribution in [0.25, 0.3) is 0 Å². The number of carbonyl (C=O) groups excluding carboxylic acids is 2. The summed E-state index contributed by atoms with van der Waals surface area (Å²) in [4.78, 5) is 31.5. The molecule has 6 nitrogen and oxygen atoms in total. The number of nitrogens with one attached hydrogen (secondary N) is 1. The molecule has 1 N–H and O–H groups in total. The van der Waals surface area contributed by atoms with Gasteiger partial charge >= 0.3 is 0 Å². The molecule has 2 amide bonds. The van der Waals surface area contributed by atoms with Gasteiger partial charge in [-0.15, -0.1) is 0 Å². The van der Waals surface area contributed by atoms with Crippen molar-refractivity contribution in [2.24, 2.45) is 11.1 Å². The fourth-order valence-corrected chi connectivity index (χ4v) is 3.12. The van der Waals surface area contributed by atoms with Crippen molar-refractivity contribution in [3.63, 3.8) is 0 Å². The number of para-hydroxylation sites is 1. The van der Waals surface area contributed by atoms with Gasteiger partial charge in [0.25, 0.3) is 5.91 Å². The van der Waals surface area contributed by atoms with E-state index >= 15 is 0 Å². The molecule has 0 bridgehead atoms. The molecule has 0 aliphatic carbocycles. The topological polar surface area (TPSA) is 71.0 Å². The number of carbonyl (C=O) groups is 2. The van der Waals surface area contributed by atoms with Crippen LogP contribution in [0.3, 0.4) is 0 Å². The van der Waals surface area contributed by atoms with E-state index in [1.165, 1.54) is 7.11 Å². The second-order valence-corrected chi connectivity index (χ2v) is 6.46. The first-order chi connectivity index (χ1) is 13.2. The Morgan fingerprint density at radius 3 is 2.37 bits per heavy atom. The molecule has 1 aliphatic heterocycles. The summed E-state index contributed by atoms with van der Waals surface area (Å²) in [5.74, 6) is -0.0517. The molecule has 0 spiro atoms. The Balaban J connectivity index is 1.53. The van der Waals surface area contributed by atoms with Gasteiger partial charge in [0.15, 0.2) is 0 Å². The zero-order valence-corrected chi connectivity index (χ0v) is 15.3. The van der Waals surface area contributed by atoms with E-state index in [0.29, 0.717) is 31.5 Å². The number of anilines is 1. The molecule has 0 saturated carbocycles. The summed E-state index contributed by atoms with van der Waals surface area (Å²) in [5.41, 5.74) is 2.31. The van der Waals surface area contributed by atoms with Gasteiger partial charge in [-0.25, -0.2) is 0 Å². The maximum atomic E-state index is 12.7. The second-order valence-electron chi connectivity index (χ2n) is 6.46. The molecule has 0 radical (unpaired) electrons. The summed E-state index contributed by atoms with van der Waals surface area (Å²) in [6, 6.07) is 16.7. The van der Waals surface area contributed by atoms with Crippen LogP contribution < -0.4 is 5.32 Å². The number of piperidine rings is 1. The van der Waals surface area contributed by atoms with Gasteiger partial charge in [0.2, 0.25) is 5.91 Å². The molecule has 1 heterocycles. The average Bonchev–Trinajstić information content (AvgIpc) is 2.73. The van der Waals surface area contributed by atoms with Gasteiger partial charge in [0.05, 0.1) is 6.21 Å². The number of benzene rings is 2. The number of hydrogen-bond donors (Lipinski definition) is 1. The third-order valence-corrected chi connectivity index (χ3v) is 4.66. The van der Waals surface area contributed by atoms with Crippen LogP contribution in [0.1, 0.15) is 28.8 Å². The molecule has 0 unspecified atom stereocenters. The summed E-state index contributed by atoms with van der Waals surface area (Å²) >= 11 is 0. The average molecular weight is 365 g/mol. The molecule has 1 saturated heterocycles. The summed E-state index contributed by atoms with van der Waals surface area (Å²) < 4.78 is 0. The van der Waals surface area contributed by atoms with Crippen LogP contribution in [0.15, 0.2) is 59.8 Å². The molecule has 2 aromatic carbocycles. The van der Waals surface area contributed by atoms with Crippen molar-refractivity contribution in [2.75, 3.05) is 25.5 Å². The van der Waals surface area contributed by atoms with Crippen LogP contribution in [0.4, 0.5) is 5.69 Å². The Morgan fingerprint density at radius 1 is 1.07 bits per heavy atom. The van der Waals surface area contributed by atoms with E-state index in [0.717, 1.165) is 11.3 Å². The lowest BCUT2D eigenvalue weighted by molar-refractivity contribution is -0.121. The summed E-state index contributed by atoms with van der Waals surface area (Å²) in [6.45, 7) is 1.16. The molecular formula is C21H23N3O3. The Labute approximate surface area is 158 Å². The largest absolute Gasteiger partial charge is 0.399 e. The van der Waals surface area contributed by atoms with Gasteiger partial charge in [-0.2, -0.15) is 0 Å². The Morgan fingerprint density at radius 2 is 1.74 bits per heavy atom. The molecule has 6 heteroatoms. The van der Waals surface area contributed by atoms with Crippen molar-refractivity contribution in [1.82, 2.24) is 4.90 Å². The molecule has 0 aromatic heterocycles. The maximum Gasteiger partial charge on any atom is 0.253 e. The Bertz CT molecular complexity index is 795. The number of rotatable bonds is 5. The predicted octanol–water partition coefficient (Wildman–Crippen LogP) is 3.16. The highest BCUT2D eigenvalue weighted by atomic mass is 16.6. The minimum atomic E-state index is -0.0677. The van der Waals surface area contributed by atoms with Gasteiger partial charge in [-0.1, -0.05) is 35.5 Å². The quantitative estimate of drug-likeness (QED) is 0.653. The van der Waals surface area contributed by atoms with Crippen molar-refractivity contribution in [2.45, 2.75) is 12.8 Å². The van der Waals surface area contributed by atoms with E-state index in [9.17, 15) is 9.59 Å². The standard InChI is InChI=1S/C21H23N3O3/c1-27-22-15-16-7-9-18(10-8-16)21(26)24-13-11-17(12-14-24)20(25)23-19-5-3-2-4-6-19/h2-10,15,17H,11-14H2,1H3,(H,23,25)/b22-15+. The fraction of sp³-hybridized carbons (Fsp3) is 0.286. The van der Waals surface area contributed by atoms with Crippen LogP contribution >= 0.6 is 0 Å². The molecule has 0 atom stereocenters. The smallest absolute Gasteiger partial charge is 0.253 e. The monoisotopic (exact) mass is 365 g/mol. The van der Waals surface area contributed by atoms with Crippen LogP contribution in [0.2, 0.25) is 0 Å². The first-order valence-corrected chi connectivity index (χ1v) is 8.99. The molecule has 1 aliphatic rings. The Kier molecular flexibility index (Phi) is 6.20. The molecule has 27 heavy (non-hydrogen) atoms. The summed E-state index contributed by atoms with van der Waals surface area (Å²) in [5, 5.41) is 6.65. The molecule has 140 valence electrons. The first kappa shape index (κ1) is 18.6. The van der Waals surface area contributed by atoms with Gasteiger partial charge in [-0.3, -0.25) is 9.59 Å². The third-order valence-electron chi connectivity index (χ3n) is 4.66. The van der Waals surface area contributed by atoms with Crippen LogP contribution in [-0.2, 0) is 9.63 Å².